The summed E-state index contributed by atoms with van der Waals surface area (Å²) < 4.78 is 22.0. The van der Waals surface area contributed by atoms with Gasteiger partial charge in [0.1, 0.15) is 11.5 Å². The molecule has 0 amide bonds. The van der Waals surface area contributed by atoms with Crippen molar-refractivity contribution in [2.75, 3.05) is 64.4 Å². The summed E-state index contributed by atoms with van der Waals surface area (Å²) in [6.45, 7) is 7.17. The number of hydrogen-bond acceptors (Lipinski definition) is 12. The van der Waals surface area contributed by atoms with Crippen molar-refractivity contribution >= 4 is 36.7 Å². The lowest BCUT2D eigenvalue weighted by Crippen LogP contribution is -2.54. The van der Waals surface area contributed by atoms with Crippen LogP contribution in [0.3, 0.4) is 0 Å². The third kappa shape index (κ3) is 10.3. The number of rotatable bonds is 14. The zero-order valence-corrected chi connectivity index (χ0v) is 34.1. The summed E-state index contributed by atoms with van der Waals surface area (Å²) in [7, 11) is 5.03. The predicted molar refractivity (Wildman–Crippen MR) is 226 cm³/mol. The molecule has 2 saturated heterocycles. The van der Waals surface area contributed by atoms with E-state index in [4.69, 9.17) is 38.9 Å². The number of nitrogens with one attached hydrogen (secondary N) is 1. The van der Waals surface area contributed by atoms with Gasteiger partial charge in [-0.3, -0.25) is 10.3 Å². The van der Waals surface area contributed by atoms with E-state index >= 15 is 0 Å². The number of anilines is 2. The molecule has 0 spiro atoms. The summed E-state index contributed by atoms with van der Waals surface area (Å²) in [4.78, 5) is 23.9. The quantitative estimate of drug-likeness (QED) is 0.111. The standard InChI is InChI=1S/C42H50N8O4.2ClH/c1-5-54-40-24-30(6-15-39(40)53-4)29-48-20-16-35(17-21-48)50(47-41-43-25-33(26-44-41)31-7-11-37(51-2)12-8-31)36-18-22-49(23-19-36)42-45-27-34(28-46-42)32-9-13-38(52-3)14-10-32;;/h6-15,24-28,35-36H,5,16-23,29H2,1-4H3,(H,43,44,47);2*1H. The Morgan fingerprint density at radius 3 is 1.64 bits per heavy atom. The van der Waals surface area contributed by atoms with Crippen molar-refractivity contribution in [1.82, 2.24) is 29.8 Å². The minimum atomic E-state index is 0. The van der Waals surface area contributed by atoms with E-state index in [2.05, 4.69) is 32.4 Å². The zero-order valence-electron chi connectivity index (χ0n) is 32.5. The van der Waals surface area contributed by atoms with Crippen LogP contribution in [0.4, 0.5) is 11.9 Å². The first kappa shape index (κ1) is 42.3. The maximum atomic E-state index is 5.85. The van der Waals surface area contributed by atoms with E-state index in [9.17, 15) is 0 Å². The summed E-state index contributed by atoms with van der Waals surface area (Å²) in [5, 5.41) is 2.45. The molecule has 0 saturated carbocycles. The Kier molecular flexibility index (Phi) is 15.3. The highest BCUT2D eigenvalue weighted by atomic mass is 35.5. The van der Waals surface area contributed by atoms with Crippen LogP contribution in [0.2, 0.25) is 0 Å². The molecule has 2 fully saturated rings. The molecule has 12 nitrogen and oxygen atoms in total. The first-order valence-electron chi connectivity index (χ1n) is 18.8. The molecule has 0 aliphatic carbocycles. The van der Waals surface area contributed by atoms with E-state index < -0.39 is 0 Å². The molecule has 0 bridgehead atoms. The molecular formula is C42H52Cl2N8O4. The summed E-state index contributed by atoms with van der Waals surface area (Å²) in [5.74, 6) is 4.59. The Labute approximate surface area is 342 Å². The van der Waals surface area contributed by atoms with E-state index in [1.807, 2.05) is 86.3 Å². The lowest BCUT2D eigenvalue weighted by atomic mass is 9.98. The minimum absolute atomic E-state index is 0. The van der Waals surface area contributed by atoms with E-state index in [1.54, 1.807) is 21.3 Å². The van der Waals surface area contributed by atoms with Crippen molar-refractivity contribution in [3.8, 4) is 45.3 Å². The van der Waals surface area contributed by atoms with Gasteiger partial charge in [0, 0.05) is 80.7 Å². The summed E-state index contributed by atoms with van der Waals surface area (Å²) in [5.41, 5.74) is 8.96. The van der Waals surface area contributed by atoms with Crippen molar-refractivity contribution in [2.45, 2.75) is 51.2 Å². The second kappa shape index (κ2) is 20.3. The van der Waals surface area contributed by atoms with E-state index in [0.717, 1.165) is 110 Å². The lowest BCUT2D eigenvalue weighted by Gasteiger charge is -2.45. The largest absolute Gasteiger partial charge is 0.497 e. The molecule has 298 valence electrons. The van der Waals surface area contributed by atoms with Crippen LogP contribution in [-0.2, 0) is 6.54 Å². The second-order valence-electron chi connectivity index (χ2n) is 13.7. The Morgan fingerprint density at radius 1 is 0.625 bits per heavy atom. The second-order valence-corrected chi connectivity index (χ2v) is 13.7. The van der Waals surface area contributed by atoms with Crippen LogP contribution >= 0.6 is 24.8 Å². The topological polar surface area (TPSA) is 110 Å². The molecule has 7 rings (SSSR count). The summed E-state index contributed by atoms with van der Waals surface area (Å²) in [6.07, 6.45) is 11.6. The maximum absolute atomic E-state index is 5.85. The number of halogens is 2. The first-order chi connectivity index (χ1) is 26.5. The summed E-state index contributed by atoms with van der Waals surface area (Å²) >= 11 is 0. The highest BCUT2D eigenvalue weighted by Crippen LogP contribution is 2.31. The van der Waals surface area contributed by atoms with Crippen molar-refractivity contribution in [3.05, 3.63) is 97.1 Å². The first-order valence-corrected chi connectivity index (χ1v) is 18.8. The number of nitrogens with zero attached hydrogens (tertiary/aromatic N) is 7. The fraction of sp³-hybridized carbons (Fsp3) is 0.381. The average Bonchev–Trinajstić information content (AvgIpc) is 3.24. The number of methoxy groups -OCH3 is 3. The minimum Gasteiger partial charge on any atom is -0.497 e. The molecule has 5 aromatic rings. The molecule has 3 aromatic carbocycles. The van der Waals surface area contributed by atoms with Gasteiger partial charge in [-0.05, 0) is 85.7 Å². The highest BCUT2D eigenvalue weighted by molar-refractivity contribution is 5.85. The van der Waals surface area contributed by atoms with E-state index in [0.29, 0.717) is 24.6 Å². The SMILES string of the molecule is CCOc1cc(CN2CCC(N(Nc3ncc(-c4ccc(OC)cc4)cn3)C3CCN(c4ncc(-c5ccc(OC)cc5)cn4)CC3)CC2)ccc1OC.Cl.Cl. The van der Waals surface area contributed by atoms with Crippen LogP contribution < -0.4 is 29.3 Å². The lowest BCUT2D eigenvalue weighted by molar-refractivity contribution is 0.0807. The Morgan fingerprint density at radius 2 is 1.14 bits per heavy atom. The van der Waals surface area contributed by atoms with Crippen molar-refractivity contribution in [1.29, 1.82) is 0 Å². The van der Waals surface area contributed by atoms with Gasteiger partial charge in [-0.1, -0.05) is 30.3 Å². The van der Waals surface area contributed by atoms with Crippen molar-refractivity contribution < 1.29 is 18.9 Å². The summed E-state index contributed by atoms with van der Waals surface area (Å²) in [6, 6.07) is 22.8. The number of hydrazine groups is 1. The van der Waals surface area contributed by atoms with Gasteiger partial charge < -0.3 is 23.8 Å². The molecule has 14 heteroatoms. The van der Waals surface area contributed by atoms with Crippen LogP contribution in [-0.4, -0.2) is 96.0 Å². The van der Waals surface area contributed by atoms with Crippen LogP contribution in [0.25, 0.3) is 22.3 Å². The van der Waals surface area contributed by atoms with Gasteiger partial charge in [0.05, 0.1) is 27.9 Å². The maximum Gasteiger partial charge on any atom is 0.237 e. The number of likely N-dealkylation sites (tertiary alicyclic amines) is 1. The normalized spacial score (nSPS) is 15.1. The molecule has 2 aliphatic rings. The van der Waals surface area contributed by atoms with Gasteiger partial charge in [0.15, 0.2) is 11.5 Å². The molecule has 56 heavy (non-hydrogen) atoms. The Bertz CT molecular complexity index is 1920. The van der Waals surface area contributed by atoms with Gasteiger partial charge >= 0.3 is 0 Å². The third-order valence-electron chi connectivity index (χ3n) is 10.4. The molecule has 4 heterocycles. The number of aromatic nitrogens is 4. The fourth-order valence-corrected chi connectivity index (χ4v) is 7.38. The third-order valence-corrected chi connectivity index (χ3v) is 10.4. The van der Waals surface area contributed by atoms with Gasteiger partial charge in [0.25, 0.3) is 0 Å². The highest BCUT2D eigenvalue weighted by Gasteiger charge is 2.33. The van der Waals surface area contributed by atoms with Gasteiger partial charge in [0.2, 0.25) is 11.9 Å². The Hall–Kier alpha value is -4.88. The van der Waals surface area contributed by atoms with Crippen LogP contribution in [0.15, 0.2) is 91.5 Å². The Balaban J connectivity index is 0.00000300. The van der Waals surface area contributed by atoms with Crippen molar-refractivity contribution in [3.63, 3.8) is 0 Å². The molecule has 0 radical (unpaired) electrons. The van der Waals surface area contributed by atoms with Gasteiger partial charge in [-0.2, -0.15) is 0 Å². The monoisotopic (exact) mass is 802 g/mol. The smallest absolute Gasteiger partial charge is 0.237 e. The molecule has 2 aromatic heterocycles. The van der Waals surface area contributed by atoms with Crippen LogP contribution in [0.1, 0.15) is 38.2 Å². The van der Waals surface area contributed by atoms with E-state index in [1.165, 1.54) is 5.56 Å². The number of ether oxygens (including phenoxy) is 4. The zero-order chi connectivity index (χ0) is 37.3. The van der Waals surface area contributed by atoms with Crippen LogP contribution in [0, 0.1) is 0 Å². The average molecular weight is 804 g/mol. The molecule has 2 aliphatic heterocycles. The number of piperidine rings is 2. The molecule has 0 unspecified atom stereocenters. The van der Waals surface area contributed by atoms with Crippen LogP contribution in [0.5, 0.6) is 23.0 Å². The molecule has 0 atom stereocenters. The number of hydrogen-bond donors (Lipinski definition) is 1. The fourth-order valence-electron chi connectivity index (χ4n) is 7.38. The van der Waals surface area contributed by atoms with Crippen molar-refractivity contribution in [2.24, 2.45) is 0 Å². The number of benzene rings is 3. The van der Waals surface area contributed by atoms with E-state index in [-0.39, 0.29) is 24.8 Å². The molecule has 1 N–H and O–H groups in total. The molecular weight excluding hydrogens is 751 g/mol. The predicted octanol–water partition coefficient (Wildman–Crippen LogP) is 7.83. The van der Waals surface area contributed by atoms with Gasteiger partial charge in [-0.25, -0.2) is 24.9 Å². The van der Waals surface area contributed by atoms with Gasteiger partial charge in [-0.15, -0.1) is 24.8 Å².